The van der Waals surface area contributed by atoms with Gasteiger partial charge in [0, 0.05) is 17.3 Å². The smallest absolute Gasteiger partial charge is 0.0431 e. The Morgan fingerprint density at radius 2 is 1.88 bits per heavy atom. The fourth-order valence-electron chi connectivity index (χ4n) is 2.19. The average molecular weight is 233 g/mol. The van der Waals surface area contributed by atoms with Crippen LogP contribution in [-0.4, -0.2) is 6.21 Å². The summed E-state index contributed by atoms with van der Waals surface area (Å²) in [6.45, 7) is 8.49. The first kappa shape index (κ1) is 14.2. The molecule has 0 aromatic heterocycles. The van der Waals surface area contributed by atoms with Gasteiger partial charge in [-0.15, -0.1) is 0 Å². The summed E-state index contributed by atoms with van der Waals surface area (Å²) in [4.78, 5) is 4.72. The molecule has 0 spiro atoms. The molecule has 0 saturated carbocycles. The Bertz CT molecular complexity index is 294. The lowest BCUT2D eigenvalue weighted by atomic mass is 9.88. The van der Waals surface area contributed by atoms with Gasteiger partial charge in [0.1, 0.15) is 0 Å². The monoisotopic (exact) mass is 233 g/mol. The van der Waals surface area contributed by atoms with Crippen LogP contribution in [0, 0.1) is 5.41 Å². The molecule has 0 radical (unpaired) electrons. The summed E-state index contributed by atoms with van der Waals surface area (Å²) < 4.78 is 0. The van der Waals surface area contributed by atoms with Crippen molar-refractivity contribution < 1.29 is 0 Å². The maximum absolute atomic E-state index is 4.72. The zero-order chi connectivity index (χ0) is 12.7. The van der Waals surface area contributed by atoms with E-state index in [2.05, 4.69) is 32.2 Å². The normalized spacial score (nSPS) is 27.8. The molecule has 1 heterocycles. The summed E-state index contributed by atoms with van der Waals surface area (Å²) in [5.74, 6) is 0. The lowest BCUT2D eigenvalue weighted by Gasteiger charge is -2.16. The van der Waals surface area contributed by atoms with Gasteiger partial charge in [0.15, 0.2) is 0 Å². The van der Waals surface area contributed by atoms with Crippen LogP contribution in [0.1, 0.15) is 66.2 Å². The third kappa shape index (κ3) is 3.83. The van der Waals surface area contributed by atoms with Crippen molar-refractivity contribution in [3.05, 3.63) is 23.4 Å². The van der Waals surface area contributed by atoms with E-state index in [1.54, 1.807) is 0 Å². The second-order valence-corrected chi connectivity index (χ2v) is 4.98. The Kier molecular flexibility index (Phi) is 5.67. The quantitative estimate of drug-likeness (QED) is 0.583. The highest BCUT2D eigenvalue weighted by Crippen LogP contribution is 2.31. The Morgan fingerprint density at radius 3 is 2.59 bits per heavy atom. The van der Waals surface area contributed by atoms with Gasteiger partial charge < -0.3 is 0 Å². The van der Waals surface area contributed by atoms with Crippen LogP contribution >= 0.6 is 0 Å². The number of aliphatic imine (C=N–C) groups is 1. The Hall–Kier alpha value is -0.850. The van der Waals surface area contributed by atoms with Crippen molar-refractivity contribution in [1.82, 2.24) is 0 Å². The predicted octanol–water partition coefficient (Wildman–Crippen LogP) is 5.29. The van der Waals surface area contributed by atoms with Crippen LogP contribution in [0.4, 0.5) is 0 Å². The SMILES string of the molecule is CC.CCC1(C)C=CC2=C(CCCCC2)N=C1. The molecule has 0 fully saturated rings. The number of allylic oxidation sites excluding steroid dienone is 4. The summed E-state index contributed by atoms with van der Waals surface area (Å²) >= 11 is 0. The molecule has 1 aliphatic carbocycles. The van der Waals surface area contributed by atoms with Gasteiger partial charge in [0.05, 0.1) is 0 Å². The molecule has 0 bridgehead atoms. The van der Waals surface area contributed by atoms with Crippen molar-refractivity contribution in [2.75, 3.05) is 0 Å². The Balaban J connectivity index is 0.000000686. The van der Waals surface area contributed by atoms with Gasteiger partial charge in [-0.25, -0.2) is 0 Å². The fourth-order valence-corrected chi connectivity index (χ4v) is 2.19. The lowest BCUT2D eigenvalue weighted by Crippen LogP contribution is -2.12. The van der Waals surface area contributed by atoms with E-state index in [-0.39, 0.29) is 5.41 Å². The summed E-state index contributed by atoms with van der Waals surface area (Å²) in [5.41, 5.74) is 3.01. The van der Waals surface area contributed by atoms with Crippen LogP contribution < -0.4 is 0 Å². The molecule has 1 unspecified atom stereocenters. The molecule has 0 N–H and O–H groups in total. The minimum atomic E-state index is 0.173. The van der Waals surface area contributed by atoms with Gasteiger partial charge in [-0.05, 0) is 37.7 Å². The number of hydrogen-bond acceptors (Lipinski definition) is 1. The van der Waals surface area contributed by atoms with Gasteiger partial charge in [-0.2, -0.15) is 0 Å². The first-order chi connectivity index (χ1) is 8.23. The highest BCUT2D eigenvalue weighted by molar-refractivity contribution is 5.70. The van der Waals surface area contributed by atoms with Crippen LogP contribution in [0.25, 0.3) is 0 Å². The van der Waals surface area contributed by atoms with Crippen molar-refractivity contribution in [3.8, 4) is 0 Å². The van der Waals surface area contributed by atoms with Crippen molar-refractivity contribution in [2.24, 2.45) is 10.4 Å². The third-order valence-electron chi connectivity index (χ3n) is 3.67. The highest BCUT2D eigenvalue weighted by Gasteiger charge is 2.19. The molecule has 1 nitrogen and oxygen atoms in total. The van der Waals surface area contributed by atoms with E-state index in [1.807, 2.05) is 13.8 Å². The number of nitrogens with zero attached hydrogens (tertiary/aromatic N) is 1. The largest absolute Gasteiger partial charge is 0.264 e. The fraction of sp³-hybridized carbons (Fsp3) is 0.688. The van der Waals surface area contributed by atoms with E-state index in [0.29, 0.717) is 0 Å². The van der Waals surface area contributed by atoms with E-state index < -0.39 is 0 Å². The molecular weight excluding hydrogens is 206 g/mol. The summed E-state index contributed by atoms with van der Waals surface area (Å²) in [7, 11) is 0. The third-order valence-corrected chi connectivity index (χ3v) is 3.67. The molecule has 1 heteroatoms. The van der Waals surface area contributed by atoms with E-state index in [4.69, 9.17) is 4.99 Å². The van der Waals surface area contributed by atoms with Crippen LogP contribution in [-0.2, 0) is 0 Å². The summed E-state index contributed by atoms with van der Waals surface area (Å²) in [6, 6.07) is 0. The minimum Gasteiger partial charge on any atom is -0.264 e. The van der Waals surface area contributed by atoms with Gasteiger partial charge in [0.2, 0.25) is 0 Å². The van der Waals surface area contributed by atoms with E-state index in [0.717, 1.165) is 6.42 Å². The maximum atomic E-state index is 4.72. The van der Waals surface area contributed by atoms with Crippen molar-refractivity contribution in [1.29, 1.82) is 0 Å². The maximum Gasteiger partial charge on any atom is 0.0431 e. The summed E-state index contributed by atoms with van der Waals surface area (Å²) in [6.07, 6.45) is 14.4. The van der Waals surface area contributed by atoms with Crippen molar-refractivity contribution in [2.45, 2.75) is 66.2 Å². The lowest BCUT2D eigenvalue weighted by molar-refractivity contribution is 0.585. The van der Waals surface area contributed by atoms with Crippen LogP contribution in [0.15, 0.2) is 28.4 Å². The van der Waals surface area contributed by atoms with Gasteiger partial charge in [0.25, 0.3) is 0 Å². The second kappa shape index (κ2) is 6.78. The van der Waals surface area contributed by atoms with E-state index in [9.17, 15) is 0 Å². The van der Waals surface area contributed by atoms with Gasteiger partial charge >= 0.3 is 0 Å². The van der Waals surface area contributed by atoms with Crippen molar-refractivity contribution >= 4 is 6.21 Å². The molecular formula is C16H27N. The molecule has 1 atom stereocenters. The van der Waals surface area contributed by atoms with Crippen LogP contribution in [0.3, 0.4) is 0 Å². The topological polar surface area (TPSA) is 12.4 Å². The molecule has 2 rings (SSSR count). The molecule has 96 valence electrons. The second-order valence-electron chi connectivity index (χ2n) is 4.98. The van der Waals surface area contributed by atoms with E-state index in [1.165, 1.54) is 43.4 Å². The average Bonchev–Trinajstić information content (AvgIpc) is 2.68. The van der Waals surface area contributed by atoms with E-state index >= 15 is 0 Å². The Labute approximate surface area is 107 Å². The molecule has 0 aromatic carbocycles. The first-order valence-corrected chi connectivity index (χ1v) is 7.20. The molecule has 17 heavy (non-hydrogen) atoms. The zero-order valence-electron chi connectivity index (χ0n) is 11.9. The highest BCUT2D eigenvalue weighted by atomic mass is 14.8. The molecule has 2 aliphatic rings. The molecule has 0 amide bonds. The van der Waals surface area contributed by atoms with Crippen LogP contribution in [0.5, 0.6) is 0 Å². The molecule has 0 saturated heterocycles. The van der Waals surface area contributed by atoms with Gasteiger partial charge in [-0.3, -0.25) is 4.99 Å². The summed E-state index contributed by atoms with van der Waals surface area (Å²) in [5, 5.41) is 0. The van der Waals surface area contributed by atoms with Crippen LogP contribution in [0.2, 0.25) is 0 Å². The molecule has 0 aromatic rings. The van der Waals surface area contributed by atoms with Crippen molar-refractivity contribution in [3.63, 3.8) is 0 Å². The number of rotatable bonds is 1. The Morgan fingerprint density at radius 1 is 1.18 bits per heavy atom. The first-order valence-electron chi connectivity index (χ1n) is 7.20. The standard InChI is InChI=1S/C14H21N.C2H6/c1-3-14(2)10-9-12-7-5-4-6-8-13(12)15-11-14;1-2/h9-11H,3-8H2,1-2H3;1-2H3. The molecule has 1 aliphatic heterocycles. The van der Waals surface area contributed by atoms with Gasteiger partial charge in [-0.1, -0.05) is 46.3 Å². The predicted molar refractivity (Wildman–Crippen MR) is 77.5 cm³/mol. The zero-order valence-corrected chi connectivity index (χ0v) is 11.9. The number of hydrogen-bond donors (Lipinski definition) is 0. The minimum absolute atomic E-state index is 0.173.